The van der Waals surface area contributed by atoms with E-state index in [4.69, 9.17) is 0 Å². The summed E-state index contributed by atoms with van der Waals surface area (Å²) in [4.78, 5) is 32.5. The molecule has 2 rings (SSSR count). The second-order valence-electron chi connectivity index (χ2n) is 8.47. The summed E-state index contributed by atoms with van der Waals surface area (Å²) in [5.74, 6) is 0.823. The van der Waals surface area contributed by atoms with Gasteiger partial charge in [-0.2, -0.15) is 0 Å². The predicted molar refractivity (Wildman–Crippen MR) is 124 cm³/mol. The molecule has 2 amide bonds. The molecule has 8 heteroatoms. The third kappa shape index (κ3) is 7.08. The van der Waals surface area contributed by atoms with Crippen LogP contribution in [0.5, 0.6) is 0 Å². The minimum atomic E-state index is -0.357. The van der Waals surface area contributed by atoms with E-state index in [1.165, 1.54) is 19.3 Å². The van der Waals surface area contributed by atoms with Crippen LogP contribution < -0.4 is 10.6 Å². The minimum Gasteiger partial charge on any atom is -0.355 e. The fraction of sp³-hybridized carbons (Fsp3) is 0.850. The monoisotopic (exact) mass is 507 g/mol. The number of aliphatic imine (C=N–C) groups is 1. The zero-order valence-corrected chi connectivity index (χ0v) is 20.3. The quantitative estimate of drug-likeness (QED) is 0.329. The molecule has 162 valence electrons. The van der Waals surface area contributed by atoms with Gasteiger partial charge < -0.3 is 20.4 Å². The molecule has 2 N–H and O–H groups in total. The van der Waals surface area contributed by atoms with E-state index in [0.29, 0.717) is 18.5 Å². The van der Waals surface area contributed by atoms with Crippen molar-refractivity contribution in [3.63, 3.8) is 0 Å². The molecular weight excluding hydrogens is 469 g/mol. The van der Waals surface area contributed by atoms with Gasteiger partial charge in [0.25, 0.3) is 0 Å². The van der Waals surface area contributed by atoms with E-state index in [2.05, 4.69) is 15.6 Å². The summed E-state index contributed by atoms with van der Waals surface area (Å²) >= 11 is 0. The highest BCUT2D eigenvalue weighted by Gasteiger charge is 2.42. The Bertz CT molecular complexity index is 539. The van der Waals surface area contributed by atoms with Crippen LogP contribution in [0.3, 0.4) is 0 Å². The van der Waals surface area contributed by atoms with Crippen molar-refractivity contribution in [2.24, 2.45) is 10.4 Å². The largest absolute Gasteiger partial charge is 0.355 e. The third-order valence-corrected chi connectivity index (χ3v) is 5.83. The summed E-state index contributed by atoms with van der Waals surface area (Å²) in [7, 11) is 7.13. The highest BCUT2D eigenvalue weighted by Crippen LogP contribution is 2.38. The molecule has 0 aliphatic heterocycles. The SMILES string of the molecule is CN(C)C(=O)CN=C(NCC1(C(=O)N(C)C)CCCC1)NC1CCCCC1.I. The van der Waals surface area contributed by atoms with E-state index in [1.807, 2.05) is 14.1 Å². The molecule has 0 aromatic carbocycles. The molecule has 28 heavy (non-hydrogen) atoms. The van der Waals surface area contributed by atoms with Crippen molar-refractivity contribution in [3.8, 4) is 0 Å². The van der Waals surface area contributed by atoms with E-state index >= 15 is 0 Å². The lowest BCUT2D eigenvalue weighted by Crippen LogP contribution is -2.51. The van der Waals surface area contributed by atoms with E-state index < -0.39 is 0 Å². The van der Waals surface area contributed by atoms with Gasteiger partial charge in [0.2, 0.25) is 11.8 Å². The Balaban J connectivity index is 0.00000392. The summed E-state index contributed by atoms with van der Waals surface area (Å²) in [5, 5.41) is 6.90. The zero-order valence-electron chi connectivity index (χ0n) is 17.9. The van der Waals surface area contributed by atoms with Gasteiger partial charge in [-0.1, -0.05) is 32.1 Å². The number of likely N-dealkylation sites (N-methyl/N-ethyl adjacent to an activating group) is 1. The van der Waals surface area contributed by atoms with E-state index in [-0.39, 0.29) is 47.8 Å². The summed E-state index contributed by atoms with van der Waals surface area (Å²) in [6.07, 6.45) is 9.99. The molecule has 0 saturated heterocycles. The van der Waals surface area contributed by atoms with Crippen molar-refractivity contribution >= 4 is 41.8 Å². The maximum Gasteiger partial charge on any atom is 0.243 e. The molecule has 0 bridgehead atoms. The smallest absolute Gasteiger partial charge is 0.243 e. The molecule has 2 aliphatic rings. The maximum absolute atomic E-state index is 12.8. The number of carbonyl (C=O) groups is 2. The summed E-state index contributed by atoms with van der Waals surface area (Å²) in [5.41, 5.74) is -0.357. The van der Waals surface area contributed by atoms with Crippen LogP contribution in [0.2, 0.25) is 0 Å². The summed E-state index contributed by atoms with van der Waals surface area (Å²) in [6, 6.07) is 0.392. The normalized spacial score (nSPS) is 19.5. The number of hydrogen-bond donors (Lipinski definition) is 2. The van der Waals surface area contributed by atoms with Gasteiger partial charge in [0.1, 0.15) is 6.54 Å². The first-order valence-electron chi connectivity index (χ1n) is 10.3. The fourth-order valence-electron chi connectivity index (χ4n) is 4.13. The van der Waals surface area contributed by atoms with E-state index in [1.54, 1.807) is 23.9 Å². The van der Waals surface area contributed by atoms with Gasteiger partial charge in [-0.3, -0.25) is 9.59 Å². The van der Waals surface area contributed by atoms with Gasteiger partial charge in [-0.25, -0.2) is 4.99 Å². The topological polar surface area (TPSA) is 77.0 Å². The number of guanidine groups is 1. The molecule has 2 aliphatic carbocycles. The first kappa shape index (κ1) is 25.0. The Morgan fingerprint density at radius 2 is 1.57 bits per heavy atom. The van der Waals surface area contributed by atoms with E-state index in [9.17, 15) is 9.59 Å². The summed E-state index contributed by atoms with van der Waals surface area (Å²) < 4.78 is 0. The molecule has 0 aromatic heterocycles. The second-order valence-corrected chi connectivity index (χ2v) is 8.47. The highest BCUT2D eigenvalue weighted by atomic mass is 127. The lowest BCUT2D eigenvalue weighted by Gasteiger charge is -2.32. The molecule has 0 heterocycles. The molecule has 0 unspecified atom stereocenters. The fourth-order valence-corrected chi connectivity index (χ4v) is 4.13. The van der Waals surface area contributed by atoms with E-state index in [0.717, 1.165) is 38.5 Å². The number of amides is 2. The molecule has 0 atom stereocenters. The van der Waals surface area contributed by atoms with Crippen LogP contribution in [0.15, 0.2) is 4.99 Å². The van der Waals surface area contributed by atoms with Gasteiger partial charge in [-0.05, 0) is 25.7 Å². The molecule has 0 spiro atoms. The van der Waals surface area contributed by atoms with Gasteiger partial charge in [0.05, 0.1) is 5.41 Å². The number of halogens is 1. The molecule has 0 aromatic rings. The van der Waals surface area contributed by atoms with Gasteiger partial charge in [-0.15, -0.1) is 24.0 Å². The molecular formula is C20H38IN5O2. The number of hydrogen-bond acceptors (Lipinski definition) is 3. The Morgan fingerprint density at radius 1 is 0.964 bits per heavy atom. The highest BCUT2D eigenvalue weighted by molar-refractivity contribution is 14.0. The first-order chi connectivity index (χ1) is 12.8. The van der Waals surface area contributed by atoms with Crippen LogP contribution in [0, 0.1) is 5.41 Å². The standard InChI is InChI=1S/C20H37N5O2.HI/c1-24(2)17(26)14-21-19(23-16-10-6-5-7-11-16)22-15-20(12-8-9-13-20)18(27)25(3)4;/h16H,5-15H2,1-4H3,(H2,21,22,23);1H. The second kappa shape index (κ2) is 11.8. The van der Waals surface area contributed by atoms with Crippen LogP contribution in [-0.4, -0.2) is 74.9 Å². The third-order valence-electron chi connectivity index (χ3n) is 5.83. The number of rotatable bonds is 6. The molecule has 7 nitrogen and oxygen atoms in total. The van der Waals surface area contributed by atoms with Crippen molar-refractivity contribution < 1.29 is 9.59 Å². The average molecular weight is 507 g/mol. The number of nitrogens with one attached hydrogen (secondary N) is 2. The van der Waals surface area contributed by atoms with Crippen molar-refractivity contribution in [1.82, 2.24) is 20.4 Å². The molecule has 2 fully saturated rings. The first-order valence-corrected chi connectivity index (χ1v) is 10.3. The van der Waals surface area contributed by atoms with Crippen LogP contribution in [-0.2, 0) is 9.59 Å². The zero-order chi connectivity index (χ0) is 19.9. The average Bonchev–Trinajstić information content (AvgIpc) is 3.13. The van der Waals surface area contributed by atoms with Gasteiger partial charge in [0.15, 0.2) is 5.96 Å². The predicted octanol–water partition coefficient (Wildman–Crippen LogP) is 2.21. The van der Waals surface area contributed by atoms with Crippen molar-refractivity contribution in [3.05, 3.63) is 0 Å². The minimum absolute atomic E-state index is 0. The lowest BCUT2D eigenvalue weighted by atomic mass is 9.84. The van der Waals surface area contributed by atoms with Gasteiger partial charge in [0, 0.05) is 40.8 Å². The van der Waals surface area contributed by atoms with Crippen LogP contribution in [0.1, 0.15) is 57.8 Å². The van der Waals surface area contributed by atoms with Gasteiger partial charge >= 0.3 is 0 Å². The van der Waals surface area contributed by atoms with Crippen molar-refractivity contribution in [2.45, 2.75) is 63.8 Å². The van der Waals surface area contributed by atoms with Crippen molar-refractivity contribution in [2.75, 3.05) is 41.3 Å². The Labute approximate surface area is 187 Å². The maximum atomic E-state index is 12.8. The lowest BCUT2D eigenvalue weighted by molar-refractivity contribution is -0.138. The van der Waals surface area contributed by atoms with Crippen LogP contribution in [0.4, 0.5) is 0 Å². The Kier molecular flexibility index (Phi) is 10.5. The molecule has 0 radical (unpaired) electrons. The van der Waals surface area contributed by atoms with Crippen molar-refractivity contribution in [1.29, 1.82) is 0 Å². The Morgan fingerprint density at radius 3 is 2.11 bits per heavy atom. The van der Waals surface area contributed by atoms with Crippen LogP contribution in [0.25, 0.3) is 0 Å². The summed E-state index contributed by atoms with van der Waals surface area (Å²) in [6.45, 7) is 0.683. The molecule has 2 saturated carbocycles. The van der Waals surface area contributed by atoms with Crippen LogP contribution >= 0.6 is 24.0 Å². The Hall–Kier alpha value is -1.06. The number of carbonyl (C=O) groups excluding carboxylic acids is 2. The number of nitrogens with zero attached hydrogens (tertiary/aromatic N) is 3.